The second kappa shape index (κ2) is 10.8. The Labute approximate surface area is 202 Å². The molecule has 1 unspecified atom stereocenters. The van der Waals surface area contributed by atoms with Crippen LogP contribution >= 0.6 is 11.8 Å². The molecule has 0 fully saturated rings. The SMILES string of the molecule is CC(=O)c1ccc(NC(=O)C(C)Sc2nnc(COc3ccccc3)n2-c2ccccc2)cc1. The fourth-order valence-corrected chi connectivity index (χ4v) is 4.10. The van der Waals surface area contributed by atoms with Crippen LogP contribution in [0.3, 0.4) is 0 Å². The summed E-state index contributed by atoms with van der Waals surface area (Å²) in [6, 6.07) is 26.1. The smallest absolute Gasteiger partial charge is 0.237 e. The van der Waals surface area contributed by atoms with Crippen LogP contribution < -0.4 is 10.1 Å². The first-order valence-corrected chi connectivity index (χ1v) is 11.7. The van der Waals surface area contributed by atoms with Crippen molar-refractivity contribution in [1.29, 1.82) is 0 Å². The Morgan fingerprint density at radius 2 is 1.59 bits per heavy atom. The van der Waals surface area contributed by atoms with Crippen molar-refractivity contribution in [2.75, 3.05) is 5.32 Å². The molecule has 0 saturated carbocycles. The van der Waals surface area contributed by atoms with Crippen molar-refractivity contribution in [3.05, 3.63) is 96.3 Å². The number of para-hydroxylation sites is 2. The maximum Gasteiger partial charge on any atom is 0.237 e. The van der Waals surface area contributed by atoms with Gasteiger partial charge in [0, 0.05) is 16.9 Å². The van der Waals surface area contributed by atoms with E-state index in [2.05, 4.69) is 15.5 Å². The van der Waals surface area contributed by atoms with Crippen LogP contribution in [0.15, 0.2) is 90.1 Å². The Kier molecular flexibility index (Phi) is 7.39. The molecular formula is C26H24N4O3S. The molecule has 4 rings (SSSR count). The summed E-state index contributed by atoms with van der Waals surface area (Å²) in [6.45, 7) is 3.55. The summed E-state index contributed by atoms with van der Waals surface area (Å²) < 4.78 is 7.79. The summed E-state index contributed by atoms with van der Waals surface area (Å²) in [5.41, 5.74) is 2.11. The van der Waals surface area contributed by atoms with Gasteiger partial charge in [-0.2, -0.15) is 0 Å². The third-order valence-corrected chi connectivity index (χ3v) is 6.08. The van der Waals surface area contributed by atoms with Gasteiger partial charge in [-0.05, 0) is 62.4 Å². The number of amides is 1. The molecule has 1 aromatic heterocycles. The third kappa shape index (κ3) is 5.71. The number of nitrogens with one attached hydrogen (secondary N) is 1. The first kappa shape index (κ1) is 23.3. The molecule has 1 heterocycles. The fraction of sp³-hybridized carbons (Fsp3) is 0.154. The van der Waals surface area contributed by atoms with Gasteiger partial charge < -0.3 is 10.1 Å². The van der Waals surface area contributed by atoms with Gasteiger partial charge in [-0.1, -0.05) is 48.2 Å². The summed E-state index contributed by atoms with van der Waals surface area (Å²) in [6.07, 6.45) is 0. The van der Waals surface area contributed by atoms with Crippen molar-refractivity contribution in [2.45, 2.75) is 30.9 Å². The number of ketones is 1. The first-order valence-electron chi connectivity index (χ1n) is 10.8. The van der Waals surface area contributed by atoms with Gasteiger partial charge in [0.15, 0.2) is 16.8 Å². The maximum absolute atomic E-state index is 12.8. The normalized spacial score (nSPS) is 11.6. The lowest BCUT2D eigenvalue weighted by molar-refractivity contribution is -0.115. The Bertz CT molecular complexity index is 1260. The second-order valence-electron chi connectivity index (χ2n) is 7.55. The van der Waals surface area contributed by atoms with Gasteiger partial charge in [0.05, 0.1) is 5.25 Å². The number of carbonyl (C=O) groups excluding carboxylic acids is 2. The number of hydrogen-bond acceptors (Lipinski definition) is 6. The van der Waals surface area contributed by atoms with Crippen LogP contribution in [0.5, 0.6) is 5.75 Å². The van der Waals surface area contributed by atoms with Crippen LogP contribution in [0.25, 0.3) is 5.69 Å². The molecule has 8 heteroatoms. The van der Waals surface area contributed by atoms with E-state index in [0.29, 0.717) is 22.2 Å². The van der Waals surface area contributed by atoms with E-state index in [0.717, 1.165) is 11.4 Å². The van der Waals surface area contributed by atoms with Crippen molar-refractivity contribution in [2.24, 2.45) is 0 Å². The topological polar surface area (TPSA) is 86.1 Å². The quantitative estimate of drug-likeness (QED) is 0.267. The fourth-order valence-electron chi connectivity index (χ4n) is 3.21. The third-order valence-electron chi connectivity index (χ3n) is 5.04. The predicted molar refractivity (Wildman–Crippen MR) is 133 cm³/mol. The molecule has 1 N–H and O–H groups in total. The molecule has 34 heavy (non-hydrogen) atoms. The Hall–Kier alpha value is -3.91. The molecule has 0 aliphatic carbocycles. The van der Waals surface area contributed by atoms with Gasteiger partial charge in [-0.3, -0.25) is 14.2 Å². The molecule has 4 aromatic rings. The van der Waals surface area contributed by atoms with Crippen LogP contribution in [0, 0.1) is 0 Å². The zero-order valence-electron chi connectivity index (χ0n) is 18.8. The van der Waals surface area contributed by atoms with E-state index in [9.17, 15) is 9.59 Å². The monoisotopic (exact) mass is 472 g/mol. The lowest BCUT2D eigenvalue weighted by atomic mass is 10.1. The molecule has 0 saturated heterocycles. The minimum atomic E-state index is -0.443. The molecule has 0 aliphatic rings. The van der Waals surface area contributed by atoms with E-state index in [1.807, 2.05) is 72.2 Å². The van der Waals surface area contributed by atoms with Gasteiger partial charge >= 0.3 is 0 Å². The van der Waals surface area contributed by atoms with Gasteiger partial charge in [0.2, 0.25) is 5.91 Å². The number of nitrogens with zero attached hydrogens (tertiary/aromatic N) is 3. The molecule has 0 spiro atoms. The number of thioether (sulfide) groups is 1. The molecule has 0 aliphatic heterocycles. The van der Waals surface area contributed by atoms with Crippen LogP contribution in [0.1, 0.15) is 30.0 Å². The molecule has 1 atom stereocenters. The van der Waals surface area contributed by atoms with E-state index >= 15 is 0 Å². The van der Waals surface area contributed by atoms with Crippen molar-refractivity contribution in [3.63, 3.8) is 0 Å². The van der Waals surface area contributed by atoms with Crippen LogP contribution in [0.4, 0.5) is 5.69 Å². The minimum absolute atomic E-state index is 0.0194. The average Bonchev–Trinajstić information content (AvgIpc) is 3.26. The number of benzene rings is 3. The summed E-state index contributed by atoms with van der Waals surface area (Å²) in [7, 11) is 0. The highest BCUT2D eigenvalue weighted by Gasteiger charge is 2.21. The molecule has 7 nitrogen and oxygen atoms in total. The highest BCUT2D eigenvalue weighted by Crippen LogP contribution is 2.27. The number of hydrogen-bond donors (Lipinski definition) is 1. The standard InChI is InChI=1S/C26H24N4O3S/c1-18(31)20-13-15-21(16-14-20)27-25(32)19(2)34-26-29-28-24(17-33-23-11-7-4-8-12-23)30(26)22-9-5-3-6-10-22/h3-16,19H,17H2,1-2H3,(H,27,32). The van der Waals surface area contributed by atoms with Gasteiger partial charge in [-0.25, -0.2) is 0 Å². The maximum atomic E-state index is 12.8. The molecule has 1 amide bonds. The summed E-state index contributed by atoms with van der Waals surface area (Å²) in [4.78, 5) is 24.3. The highest BCUT2D eigenvalue weighted by atomic mass is 32.2. The lowest BCUT2D eigenvalue weighted by Crippen LogP contribution is -2.23. The highest BCUT2D eigenvalue weighted by molar-refractivity contribution is 8.00. The van der Waals surface area contributed by atoms with Crippen LogP contribution in [0.2, 0.25) is 0 Å². The molecule has 0 bridgehead atoms. The number of Topliss-reactive ketones (excluding diaryl/α,β-unsaturated/α-hetero) is 1. The number of rotatable bonds is 9. The number of aromatic nitrogens is 3. The molecule has 3 aromatic carbocycles. The van der Waals surface area contributed by atoms with Gasteiger partial charge in [-0.15, -0.1) is 10.2 Å². The number of carbonyl (C=O) groups is 2. The first-order chi connectivity index (χ1) is 16.5. The Morgan fingerprint density at radius 3 is 2.24 bits per heavy atom. The van der Waals surface area contributed by atoms with E-state index < -0.39 is 5.25 Å². The van der Waals surface area contributed by atoms with Crippen LogP contribution in [-0.2, 0) is 11.4 Å². The van der Waals surface area contributed by atoms with Gasteiger partial charge in [0.1, 0.15) is 12.4 Å². The summed E-state index contributed by atoms with van der Waals surface area (Å²) in [5.74, 6) is 1.17. The molecular weight excluding hydrogens is 448 g/mol. The minimum Gasteiger partial charge on any atom is -0.486 e. The molecule has 172 valence electrons. The predicted octanol–water partition coefficient (Wildman–Crippen LogP) is 5.17. The van der Waals surface area contributed by atoms with Crippen molar-refractivity contribution < 1.29 is 14.3 Å². The molecule has 0 radical (unpaired) electrons. The average molecular weight is 473 g/mol. The summed E-state index contributed by atoms with van der Waals surface area (Å²) >= 11 is 1.31. The van der Waals surface area contributed by atoms with Crippen molar-refractivity contribution in [3.8, 4) is 11.4 Å². The lowest BCUT2D eigenvalue weighted by Gasteiger charge is -2.14. The Morgan fingerprint density at radius 1 is 0.941 bits per heavy atom. The Balaban J connectivity index is 1.50. The van der Waals surface area contributed by atoms with E-state index in [1.54, 1.807) is 24.3 Å². The van der Waals surface area contributed by atoms with Crippen molar-refractivity contribution >= 4 is 29.1 Å². The van der Waals surface area contributed by atoms with E-state index in [-0.39, 0.29) is 18.3 Å². The van der Waals surface area contributed by atoms with Crippen molar-refractivity contribution in [1.82, 2.24) is 14.8 Å². The van der Waals surface area contributed by atoms with E-state index in [1.165, 1.54) is 18.7 Å². The zero-order chi connectivity index (χ0) is 23.9. The number of ether oxygens (including phenoxy) is 1. The largest absolute Gasteiger partial charge is 0.486 e. The number of anilines is 1. The summed E-state index contributed by atoms with van der Waals surface area (Å²) in [5, 5.41) is 11.7. The van der Waals surface area contributed by atoms with Crippen LogP contribution in [-0.4, -0.2) is 31.7 Å². The zero-order valence-corrected chi connectivity index (χ0v) is 19.7. The second-order valence-corrected chi connectivity index (χ2v) is 8.86. The van der Waals surface area contributed by atoms with E-state index in [4.69, 9.17) is 4.74 Å². The van der Waals surface area contributed by atoms with Gasteiger partial charge in [0.25, 0.3) is 0 Å².